The van der Waals surface area contributed by atoms with Gasteiger partial charge in [0.1, 0.15) is 24.0 Å². The highest BCUT2D eigenvalue weighted by Crippen LogP contribution is 2.47. The first-order valence-electron chi connectivity index (χ1n) is 11.2. The van der Waals surface area contributed by atoms with Gasteiger partial charge in [-0.15, -0.1) is 6.42 Å². The Kier molecular flexibility index (Phi) is 9.09. The molecule has 2 heterocycles. The minimum atomic E-state index is -4.28. The van der Waals surface area contributed by atoms with Crippen LogP contribution in [0.5, 0.6) is 5.75 Å². The highest BCUT2D eigenvalue weighted by molar-refractivity contribution is 7.71. The summed E-state index contributed by atoms with van der Waals surface area (Å²) in [7, 11) is -4.28. The van der Waals surface area contributed by atoms with Gasteiger partial charge in [-0.3, -0.25) is 23.7 Å². The zero-order valence-electron chi connectivity index (χ0n) is 20.3. The van der Waals surface area contributed by atoms with E-state index in [1.54, 1.807) is 32.0 Å². The van der Waals surface area contributed by atoms with Gasteiger partial charge in [-0.25, -0.2) is 4.57 Å². The molecule has 0 radical (unpaired) electrons. The first-order chi connectivity index (χ1) is 17.4. The minimum absolute atomic E-state index is 0.114. The molecule has 2 aromatic rings. The number of aromatic amines is 1. The number of aliphatic hydroxyl groups excluding tert-OH is 1. The number of nitrogens with zero attached hydrogens (tertiary/aromatic N) is 1. The van der Waals surface area contributed by atoms with Crippen molar-refractivity contribution in [3.05, 3.63) is 57.7 Å². The SMILES string of the molecule is C#CC1(O)[C@@H](O)[C@@H](COP(=O)(N[C@@H](C)C(=O)OC(C)C)Oc2ccccc2)O[C@H]1n1ccc(=O)[nH]c1=S. The van der Waals surface area contributed by atoms with E-state index < -0.39 is 62.1 Å². The molecule has 14 heteroatoms. The van der Waals surface area contributed by atoms with E-state index >= 15 is 0 Å². The van der Waals surface area contributed by atoms with Crippen molar-refractivity contribution in [2.24, 2.45) is 0 Å². The smallest absolute Gasteiger partial charge is 0.459 e. The molecule has 0 aliphatic carbocycles. The van der Waals surface area contributed by atoms with Crippen LogP contribution < -0.4 is 15.2 Å². The molecule has 1 aliphatic rings. The van der Waals surface area contributed by atoms with Crippen LogP contribution in [-0.2, 0) is 23.4 Å². The Morgan fingerprint density at radius 2 is 2.03 bits per heavy atom. The van der Waals surface area contributed by atoms with Gasteiger partial charge in [-0.2, -0.15) is 5.09 Å². The van der Waals surface area contributed by atoms with Gasteiger partial charge in [-0.1, -0.05) is 24.1 Å². The number of hydrogen-bond acceptors (Lipinski definition) is 10. The number of benzene rings is 1. The average Bonchev–Trinajstić information content (AvgIpc) is 3.08. The van der Waals surface area contributed by atoms with Crippen LogP contribution in [-0.4, -0.2) is 62.3 Å². The van der Waals surface area contributed by atoms with Crippen LogP contribution in [0.25, 0.3) is 0 Å². The third kappa shape index (κ3) is 6.74. The lowest BCUT2D eigenvalue weighted by molar-refractivity contribution is -0.149. The lowest BCUT2D eigenvalue weighted by Gasteiger charge is -2.27. The van der Waals surface area contributed by atoms with E-state index in [2.05, 4.69) is 16.0 Å². The summed E-state index contributed by atoms with van der Waals surface area (Å²) < 4.78 is 36.7. The highest BCUT2D eigenvalue weighted by atomic mass is 32.1. The molecule has 2 unspecified atom stereocenters. The zero-order valence-corrected chi connectivity index (χ0v) is 22.0. The third-order valence-electron chi connectivity index (χ3n) is 5.25. The second-order valence-electron chi connectivity index (χ2n) is 8.49. The summed E-state index contributed by atoms with van der Waals surface area (Å²) in [6.07, 6.45) is 1.91. The molecule has 1 aromatic heterocycles. The molecule has 1 fully saturated rings. The second kappa shape index (κ2) is 11.7. The normalized spacial score (nSPS) is 25.7. The molecule has 0 saturated carbocycles. The monoisotopic (exact) mass is 553 g/mol. The first kappa shape index (κ1) is 28.7. The van der Waals surface area contributed by atoms with E-state index in [0.29, 0.717) is 0 Å². The Bertz CT molecular complexity index is 1310. The number of hydrogen-bond donors (Lipinski definition) is 4. The molecule has 1 aliphatic heterocycles. The van der Waals surface area contributed by atoms with Crippen molar-refractivity contribution < 1.29 is 38.1 Å². The summed E-state index contributed by atoms with van der Waals surface area (Å²) >= 11 is 5.12. The number of carbonyl (C=O) groups is 1. The van der Waals surface area contributed by atoms with E-state index in [9.17, 15) is 24.4 Å². The summed E-state index contributed by atoms with van der Waals surface area (Å²) in [6, 6.07) is 8.11. The maximum absolute atomic E-state index is 13.7. The van der Waals surface area contributed by atoms with E-state index in [1.807, 2.05) is 0 Å². The number of aliphatic hydroxyl groups is 2. The average molecular weight is 554 g/mol. The molecule has 200 valence electrons. The predicted molar refractivity (Wildman–Crippen MR) is 134 cm³/mol. The number of esters is 1. The van der Waals surface area contributed by atoms with Gasteiger partial charge >= 0.3 is 13.7 Å². The molecule has 0 spiro atoms. The summed E-state index contributed by atoms with van der Waals surface area (Å²) in [4.78, 5) is 26.2. The molecule has 3 rings (SSSR count). The van der Waals surface area contributed by atoms with E-state index in [0.717, 1.165) is 6.07 Å². The number of para-hydroxylation sites is 1. The standard InChI is InChI=1S/C23H28N3O9PS/c1-5-23(30)19(28)17(34-21(23)26-12-11-18(27)24-22(26)37)13-32-36(31,35-16-9-7-6-8-10-16)25-15(4)20(29)33-14(2)3/h1,6-12,14-15,17,19,21,28,30H,13H2,2-4H3,(H,25,31)(H,24,27,37)/t15-,17+,19-,21+,23?,36?/m0/s1. The topological polar surface area (TPSA) is 161 Å². The van der Waals surface area contributed by atoms with Crippen molar-refractivity contribution in [2.75, 3.05) is 6.61 Å². The van der Waals surface area contributed by atoms with Crippen molar-refractivity contribution in [1.29, 1.82) is 0 Å². The molecule has 37 heavy (non-hydrogen) atoms. The summed E-state index contributed by atoms with van der Waals surface area (Å²) in [5.74, 6) is 1.58. The molecule has 12 nitrogen and oxygen atoms in total. The third-order valence-corrected chi connectivity index (χ3v) is 7.21. The molecular weight excluding hydrogens is 525 g/mol. The number of rotatable bonds is 10. The number of aromatic nitrogens is 2. The Hall–Kier alpha value is -2.82. The quantitative estimate of drug-likeness (QED) is 0.147. The molecule has 4 N–H and O–H groups in total. The minimum Gasteiger partial charge on any atom is -0.462 e. The van der Waals surface area contributed by atoms with E-state index in [4.69, 9.17) is 37.2 Å². The van der Waals surface area contributed by atoms with Crippen molar-refractivity contribution in [3.8, 4) is 18.1 Å². The van der Waals surface area contributed by atoms with Crippen LogP contribution in [0.3, 0.4) is 0 Å². The maximum Gasteiger partial charge on any atom is 0.459 e. The summed E-state index contributed by atoms with van der Waals surface area (Å²) in [5, 5.41) is 24.3. The zero-order chi connectivity index (χ0) is 27.4. The van der Waals surface area contributed by atoms with Gasteiger partial charge in [-0.05, 0) is 45.1 Å². The van der Waals surface area contributed by atoms with Crippen molar-refractivity contribution in [3.63, 3.8) is 0 Å². The van der Waals surface area contributed by atoms with Crippen molar-refractivity contribution >= 4 is 25.9 Å². The maximum atomic E-state index is 13.7. The van der Waals surface area contributed by atoms with Gasteiger partial charge in [0.15, 0.2) is 16.6 Å². The number of carbonyl (C=O) groups excluding carboxylic acids is 1. The molecular formula is C23H28N3O9PS. The Balaban J connectivity index is 1.84. The Morgan fingerprint density at radius 1 is 1.35 bits per heavy atom. The number of H-pyrrole nitrogens is 1. The fraction of sp³-hybridized carbons (Fsp3) is 0.435. The number of terminal acetylenes is 1. The van der Waals surface area contributed by atoms with E-state index in [-0.39, 0.29) is 10.5 Å². The molecule has 1 aromatic carbocycles. The number of ether oxygens (including phenoxy) is 2. The van der Waals surface area contributed by atoms with Crippen LogP contribution in [0, 0.1) is 17.1 Å². The van der Waals surface area contributed by atoms with Crippen LogP contribution in [0.4, 0.5) is 0 Å². The number of nitrogens with one attached hydrogen (secondary N) is 2. The Morgan fingerprint density at radius 3 is 2.62 bits per heavy atom. The molecule has 1 saturated heterocycles. The largest absolute Gasteiger partial charge is 0.462 e. The van der Waals surface area contributed by atoms with Gasteiger partial charge in [0.2, 0.25) is 0 Å². The van der Waals surface area contributed by atoms with Crippen molar-refractivity contribution in [2.45, 2.75) is 57.0 Å². The van der Waals surface area contributed by atoms with Crippen molar-refractivity contribution in [1.82, 2.24) is 14.6 Å². The molecule has 6 atom stereocenters. The molecule has 0 amide bonds. The summed E-state index contributed by atoms with van der Waals surface area (Å²) in [6.45, 7) is 4.16. The Labute approximate surface area is 218 Å². The first-order valence-corrected chi connectivity index (χ1v) is 13.2. The van der Waals surface area contributed by atoms with Crippen LogP contribution >= 0.6 is 20.0 Å². The van der Waals surface area contributed by atoms with Gasteiger partial charge in [0.05, 0.1) is 12.7 Å². The van der Waals surface area contributed by atoms with Crippen LogP contribution in [0.2, 0.25) is 0 Å². The van der Waals surface area contributed by atoms with Crippen LogP contribution in [0.15, 0.2) is 47.4 Å². The summed E-state index contributed by atoms with van der Waals surface area (Å²) in [5.41, 5.74) is -2.77. The van der Waals surface area contributed by atoms with Gasteiger partial charge in [0, 0.05) is 12.3 Å². The molecule has 0 bridgehead atoms. The van der Waals surface area contributed by atoms with E-state index in [1.165, 1.54) is 29.8 Å². The fourth-order valence-corrected chi connectivity index (χ4v) is 5.22. The fourth-order valence-electron chi connectivity index (χ4n) is 3.46. The van der Waals surface area contributed by atoms with Gasteiger partial charge in [0.25, 0.3) is 5.56 Å². The van der Waals surface area contributed by atoms with Gasteiger partial charge < -0.3 is 24.2 Å². The second-order valence-corrected chi connectivity index (χ2v) is 10.6. The highest BCUT2D eigenvalue weighted by Gasteiger charge is 2.56. The lowest BCUT2D eigenvalue weighted by Crippen LogP contribution is -2.46. The lowest BCUT2D eigenvalue weighted by atomic mass is 9.95. The van der Waals surface area contributed by atoms with Crippen LogP contribution in [0.1, 0.15) is 27.0 Å². The predicted octanol–water partition coefficient (Wildman–Crippen LogP) is 1.66.